The van der Waals surface area contributed by atoms with E-state index in [-0.39, 0.29) is 0 Å². The molecule has 43 heavy (non-hydrogen) atoms. The van der Waals surface area contributed by atoms with Crippen molar-refractivity contribution in [2.45, 2.75) is 6.61 Å². The van der Waals surface area contributed by atoms with E-state index in [0.717, 1.165) is 65.8 Å². The number of rotatable bonds is 10. The lowest BCUT2D eigenvalue weighted by Crippen LogP contribution is -2.38. The average Bonchev–Trinajstić information content (AvgIpc) is 3.04. The number of morpholine rings is 1. The molecule has 0 aliphatic carbocycles. The smallest absolute Gasteiger partial charge is 0.161 e. The van der Waals surface area contributed by atoms with Crippen molar-refractivity contribution < 1.29 is 18.9 Å². The van der Waals surface area contributed by atoms with Crippen molar-refractivity contribution in [1.29, 1.82) is 5.26 Å². The number of methoxy groups -OCH3 is 1. The van der Waals surface area contributed by atoms with Gasteiger partial charge in [0.1, 0.15) is 25.0 Å². The molecule has 1 saturated heterocycles. The molecular weight excluding hydrogens is 564 g/mol. The first-order valence-electron chi connectivity index (χ1n) is 14.1. The molecular formula is C34H31ClN4O4. The highest BCUT2D eigenvalue weighted by atomic mass is 35.5. The highest BCUT2D eigenvalue weighted by molar-refractivity contribution is 6.32. The molecule has 0 spiro atoms. The number of halogens is 1. The van der Waals surface area contributed by atoms with E-state index in [2.05, 4.69) is 21.3 Å². The average molecular weight is 595 g/mol. The monoisotopic (exact) mass is 594 g/mol. The minimum Gasteiger partial charge on any atom is -0.493 e. The van der Waals surface area contributed by atoms with E-state index in [1.165, 1.54) is 0 Å². The molecule has 1 aliphatic heterocycles. The Balaban J connectivity index is 1.26. The van der Waals surface area contributed by atoms with E-state index in [0.29, 0.717) is 46.7 Å². The first-order chi connectivity index (χ1) is 21.1. The molecule has 1 fully saturated rings. The van der Waals surface area contributed by atoms with Gasteiger partial charge in [0.25, 0.3) is 0 Å². The standard InChI is InChI=1S/C34H31ClN4O4/c1-40-32-17-24-15-28-30(16-25(24)18-33(32)42-14-11-39-9-12-41-13-10-39)37-21-26(20-36)34(28)38-27-7-8-31(29(35)19-27)43-22-23-5-3-2-4-6-23/h2-8,15-19,21H,9-14,22H2,1H3,(H,37,38). The fraction of sp³-hybridized carbons (Fsp3) is 0.235. The van der Waals surface area contributed by atoms with Gasteiger partial charge in [0.2, 0.25) is 0 Å². The summed E-state index contributed by atoms with van der Waals surface area (Å²) in [6, 6.07) is 25.6. The molecule has 0 unspecified atom stereocenters. The Morgan fingerprint density at radius 2 is 1.74 bits per heavy atom. The van der Waals surface area contributed by atoms with Crippen LogP contribution in [0.2, 0.25) is 5.02 Å². The van der Waals surface area contributed by atoms with Crippen LogP contribution in [0.15, 0.2) is 79.0 Å². The molecule has 0 amide bonds. The molecule has 1 N–H and O–H groups in total. The Bertz CT molecular complexity index is 1790. The molecule has 4 aromatic carbocycles. The van der Waals surface area contributed by atoms with Crippen LogP contribution in [-0.4, -0.2) is 56.4 Å². The first kappa shape index (κ1) is 28.6. The molecule has 2 heterocycles. The Morgan fingerprint density at radius 1 is 0.953 bits per heavy atom. The van der Waals surface area contributed by atoms with E-state index in [1.54, 1.807) is 19.4 Å². The number of anilines is 2. The molecule has 0 saturated carbocycles. The number of aromatic nitrogens is 1. The lowest BCUT2D eigenvalue weighted by atomic mass is 10.0. The van der Waals surface area contributed by atoms with Crippen molar-refractivity contribution >= 4 is 44.7 Å². The van der Waals surface area contributed by atoms with E-state index < -0.39 is 0 Å². The third-order valence-electron chi connectivity index (χ3n) is 7.44. The molecule has 1 aromatic heterocycles. The number of nitrogens with zero attached hydrogens (tertiary/aromatic N) is 3. The Hall–Kier alpha value is -4.55. The van der Waals surface area contributed by atoms with Gasteiger partial charge in [0, 0.05) is 36.9 Å². The maximum atomic E-state index is 9.92. The molecule has 218 valence electrons. The highest BCUT2D eigenvalue weighted by Gasteiger charge is 2.15. The molecule has 0 atom stereocenters. The zero-order chi connectivity index (χ0) is 29.6. The van der Waals surface area contributed by atoms with E-state index in [1.807, 2.05) is 66.7 Å². The van der Waals surface area contributed by atoms with Gasteiger partial charge in [-0.2, -0.15) is 5.26 Å². The lowest BCUT2D eigenvalue weighted by molar-refractivity contribution is 0.0321. The van der Waals surface area contributed by atoms with Gasteiger partial charge < -0.3 is 24.3 Å². The quantitative estimate of drug-likeness (QED) is 0.174. The summed E-state index contributed by atoms with van der Waals surface area (Å²) in [5, 5.41) is 16.5. The van der Waals surface area contributed by atoms with Crippen molar-refractivity contribution in [2.75, 3.05) is 51.9 Å². The van der Waals surface area contributed by atoms with Crippen LogP contribution >= 0.6 is 11.6 Å². The fourth-order valence-corrected chi connectivity index (χ4v) is 5.36. The Labute approximate surface area is 255 Å². The second-order valence-corrected chi connectivity index (χ2v) is 10.6. The maximum Gasteiger partial charge on any atom is 0.161 e. The predicted molar refractivity (Wildman–Crippen MR) is 169 cm³/mol. The topological polar surface area (TPSA) is 88.9 Å². The summed E-state index contributed by atoms with van der Waals surface area (Å²) < 4.78 is 23.2. The van der Waals surface area contributed by atoms with Crippen LogP contribution in [0.25, 0.3) is 21.7 Å². The summed E-state index contributed by atoms with van der Waals surface area (Å²) in [5.74, 6) is 1.90. The normalized spacial score (nSPS) is 13.5. The van der Waals surface area contributed by atoms with Gasteiger partial charge in [-0.25, -0.2) is 0 Å². The summed E-state index contributed by atoms with van der Waals surface area (Å²) >= 11 is 6.58. The maximum absolute atomic E-state index is 9.92. The molecule has 5 aromatic rings. The van der Waals surface area contributed by atoms with Crippen LogP contribution in [0.5, 0.6) is 17.2 Å². The number of nitriles is 1. The van der Waals surface area contributed by atoms with E-state index >= 15 is 0 Å². The molecule has 9 heteroatoms. The third kappa shape index (κ3) is 6.60. The van der Waals surface area contributed by atoms with Crippen LogP contribution in [0.4, 0.5) is 11.4 Å². The largest absolute Gasteiger partial charge is 0.493 e. The molecule has 8 nitrogen and oxygen atoms in total. The Morgan fingerprint density at radius 3 is 2.51 bits per heavy atom. The Kier molecular flexibility index (Phi) is 8.75. The first-order valence-corrected chi connectivity index (χ1v) is 14.5. The number of benzene rings is 4. The van der Waals surface area contributed by atoms with Crippen LogP contribution in [0, 0.1) is 11.3 Å². The molecule has 0 bridgehead atoms. The van der Waals surface area contributed by atoms with Gasteiger partial charge >= 0.3 is 0 Å². The van der Waals surface area contributed by atoms with Crippen molar-refractivity contribution in [3.8, 4) is 23.3 Å². The van der Waals surface area contributed by atoms with Crippen LogP contribution in [0.3, 0.4) is 0 Å². The molecule has 1 aliphatic rings. The lowest BCUT2D eigenvalue weighted by Gasteiger charge is -2.26. The third-order valence-corrected chi connectivity index (χ3v) is 7.73. The fourth-order valence-electron chi connectivity index (χ4n) is 5.12. The second kappa shape index (κ2) is 13.2. The van der Waals surface area contributed by atoms with Gasteiger partial charge in [-0.1, -0.05) is 41.9 Å². The second-order valence-electron chi connectivity index (χ2n) is 10.2. The van der Waals surface area contributed by atoms with Gasteiger partial charge in [0.05, 0.1) is 42.1 Å². The highest BCUT2D eigenvalue weighted by Crippen LogP contribution is 2.38. The van der Waals surface area contributed by atoms with Crippen LogP contribution in [0.1, 0.15) is 11.1 Å². The number of hydrogen-bond acceptors (Lipinski definition) is 8. The van der Waals surface area contributed by atoms with Gasteiger partial charge in [-0.15, -0.1) is 0 Å². The minimum atomic E-state index is 0.415. The summed E-state index contributed by atoms with van der Waals surface area (Å²) in [6.45, 7) is 5.12. The van der Waals surface area contributed by atoms with Crippen molar-refractivity contribution in [3.63, 3.8) is 0 Å². The summed E-state index contributed by atoms with van der Waals surface area (Å²) in [5.41, 5.74) is 3.59. The van der Waals surface area contributed by atoms with E-state index in [4.69, 9.17) is 30.5 Å². The molecule has 6 rings (SSSR count). The van der Waals surface area contributed by atoms with Crippen molar-refractivity contribution in [1.82, 2.24) is 9.88 Å². The minimum absolute atomic E-state index is 0.415. The van der Waals surface area contributed by atoms with Gasteiger partial charge in [-0.05, 0) is 58.8 Å². The zero-order valence-electron chi connectivity index (χ0n) is 23.8. The SMILES string of the molecule is COc1cc2cc3c(Nc4ccc(OCc5ccccc5)c(Cl)c4)c(C#N)cnc3cc2cc1OCCN1CCOCC1. The zero-order valence-corrected chi connectivity index (χ0v) is 24.6. The summed E-state index contributed by atoms with van der Waals surface area (Å²) in [7, 11) is 1.64. The summed E-state index contributed by atoms with van der Waals surface area (Å²) in [4.78, 5) is 6.91. The predicted octanol–water partition coefficient (Wildman–Crippen LogP) is 6.96. The van der Waals surface area contributed by atoms with Crippen LogP contribution in [-0.2, 0) is 11.3 Å². The molecule has 0 radical (unpaired) electrons. The van der Waals surface area contributed by atoms with E-state index in [9.17, 15) is 5.26 Å². The van der Waals surface area contributed by atoms with Gasteiger partial charge in [-0.3, -0.25) is 9.88 Å². The van der Waals surface area contributed by atoms with Crippen LogP contribution < -0.4 is 19.5 Å². The van der Waals surface area contributed by atoms with Gasteiger partial charge in [0.15, 0.2) is 11.5 Å². The summed E-state index contributed by atoms with van der Waals surface area (Å²) in [6.07, 6.45) is 1.58. The number of hydrogen-bond donors (Lipinski definition) is 1. The number of ether oxygens (including phenoxy) is 4. The van der Waals surface area contributed by atoms with Crippen molar-refractivity contribution in [2.24, 2.45) is 0 Å². The number of pyridine rings is 1. The number of nitrogens with one attached hydrogen (secondary N) is 1. The number of fused-ring (bicyclic) bond motifs is 2. The van der Waals surface area contributed by atoms with Crippen molar-refractivity contribution in [3.05, 3.63) is 95.1 Å².